The maximum Gasteiger partial charge on any atom is 0.187 e. The van der Waals surface area contributed by atoms with Crippen molar-refractivity contribution in [2.45, 2.75) is 6.42 Å². The van der Waals surface area contributed by atoms with E-state index in [0.717, 1.165) is 12.0 Å². The molecule has 0 saturated heterocycles. The molecule has 2 aromatic rings. The minimum atomic E-state index is 0.0532. The van der Waals surface area contributed by atoms with Gasteiger partial charge in [-0.25, -0.2) is 0 Å². The van der Waals surface area contributed by atoms with Gasteiger partial charge in [-0.2, -0.15) is 0 Å². The number of benzene rings is 2. The van der Waals surface area contributed by atoms with Gasteiger partial charge in [0.2, 0.25) is 0 Å². The van der Waals surface area contributed by atoms with Crippen LogP contribution in [0.5, 0.6) is 0 Å². The van der Waals surface area contributed by atoms with E-state index in [4.69, 9.17) is 0 Å². The van der Waals surface area contributed by atoms with Crippen molar-refractivity contribution in [1.29, 1.82) is 0 Å². The molecule has 0 N–H and O–H groups in total. The number of fused-ring (bicyclic) bond motifs is 3. The topological polar surface area (TPSA) is 20.3 Å². The fourth-order valence-electron chi connectivity index (χ4n) is 2.61. The van der Waals surface area contributed by atoms with Gasteiger partial charge in [0.1, 0.15) is 0 Å². The van der Waals surface area contributed by atoms with Crippen LogP contribution in [-0.2, 0) is 6.42 Å². The molecule has 2 nitrogen and oxygen atoms in total. The molecule has 20 heavy (non-hydrogen) atoms. The predicted octanol–water partition coefficient (Wildman–Crippen LogP) is 3.52. The summed E-state index contributed by atoms with van der Waals surface area (Å²) in [4.78, 5) is 14.0. The Hall–Kier alpha value is -2.35. The average molecular weight is 263 g/mol. The first kappa shape index (κ1) is 12.7. The second kappa shape index (κ2) is 4.97. The zero-order chi connectivity index (χ0) is 14.1. The molecule has 3 rings (SSSR count). The van der Waals surface area contributed by atoms with Gasteiger partial charge >= 0.3 is 0 Å². The van der Waals surface area contributed by atoms with Gasteiger partial charge in [0.15, 0.2) is 5.78 Å². The predicted molar refractivity (Wildman–Crippen MR) is 81.8 cm³/mol. The highest BCUT2D eigenvalue weighted by atomic mass is 16.1. The lowest BCUT2D eigenvalue weighted by atomic mass is 10.0. The Morgan fingerprint density at radius 3 is 2.60 bits per heavy atom. The highest BCUT2D eigenvalue weighted by molar-refractivity contribution is 6.05. The summed E-state index contributed by atoms with van der Waals surface area (Å²) >= 11 is 0. The van der Waals surface area contributed by atoms with Crippen molar-refractivity contribution < 1.29 is 4.79 Å². The van der Waals surface area contributed by atoms with E-state index in [9.17, 15) is 4.79 Å². The number of hydrogen-bond acceptors (Lipinski definition) is 2. The summed E-state index contributed by atoms with van der Waals surface area (Å²) in [6.07, 6.45) is 4.32. The molecule has 0 amide bonds. The van der Waals surface area contributed by atoms with Crippen LogP contribution in [0.25, 0.3) is 11.1 Å². The van der Waals surface area contributed by atoms with Gasteiger partial charge in [0.25, 0.3) is 0 Å². The van der Waals surface area contributed by atoms with Crippen molar-refractivity contribution in [2.75, 3.05) is 14.1 Å². The number of carbonyl (C=O) groups is 1. The Bertz CT molecular complexity index is 698. The summed E-state index contributed by atoms with van der Waals surface area (Å²) in [7, 11) is 3.81. The van der Waals surface area contributed by atoms with Crippen molar-refractivity contribution in [3.63, 3.8) is 0 Å². The van der Waals surface area contributed by atoms with Crippen LogP contribution in [0.15, 0.2) is 54.7 Å². The van der Waals surface area contributed by atoms with Crippen LogP contribution >= 0.6 is 0 Å². The van der Waals surface area contributed by atoms with Gasteiger partial charge in [0, 0.05) is 31.9 Å². The molecule has 0 radical (unpaired) electrons. The second-order valence-corrected chi connectivity index (χ2v) is 5.35. The van der Waals surface area contributed by atoms with Crippen molar-refractivity contribution in [2.24, 2.45) is 0 Å². The molecule has 1 aliphatic rings. The molecule has 0 fully saturated rings. The van der Waals surface area contributed by atoms with Crippen molar-refractivity contribution >= 4 is 5.78 Å². The number of rotatable bonds is 3. The zero-order valence-corrected chi connectivity index (χ0v) is 11.8. The molecule has 0 heterocycles. The summed E-state index contributed by atoms with van der Waals surface area (Å²) in [5.74, 6) is 0.0532. The standard InChI is InChI=1S/C18H17NO/c1-19(2)10-9-18(20)14-7-8-17-15(12-14)11-13-5-3-4-6-16(13)17/h3-10,12H,11H2,1-2H3. The first-order valence-electron chi connectivity index (χ1n) is 6.75. The molecule has 0 unspecified atom stereocenters. The van der Waals surface area contributed by atoms with Crippen LogP contribution in [0.1, 0.15) is 21.5 Å². The molecule has 0 aromatic heterocycles. The van der Waals surface area contributed by atoms with E-state index < -0.39 is 0 Å². The lowest BCUT2D eigenvalue weighted by Gasteiger charge is -2.05. The summed E-state index contributed by atoms with van der Waals surface area (Å²) in [6.45, 7) is 0. The maximum atomic E-state index is 12.1. The van der Waals surface area contributed by atoms with E-state index in [0.29, 0.717) is 0 Å². The van der Waals surface area contributed by atoms with Crippen LogP contribution in [0.3, 0.4) is 0 Å². The Morgan fingerprint density at radius 2 is 1.80 bits per heavy atom. The highest BCUT2D eigenvalue weighted by Gasteiger charge is 2.18. The molecule has 0 bridgehead atoms. The molecule has 0 aliphatic heterocycles. The molecule has 2 heteroatoms. The third-order valence-corrected chi connectivity index (χ3v) is 3.60. The third kappa shape index (κ3) is 2.25. The van der Waals surface area contributed by atoms with Crippen LogP contribution in [0.4, 0.5) is 0 Å². The minimum absolute atomic E-state index is 0.0532. The normalized spacial score (nSPS) is 12.3. The van der Waals surface area contributed by atoms with Gasteiger partial charge in [-0.3, -0.25) is 4.79 Å². The van der Waals surface area contributed by atoms with Crippen molar-refractivity contribution in [3.05, 3.63) is 71.4 Å². The van der Waals surface area contributed by atoms with Gasteiger partial charge in [-0.15, -0.1) is 0 Å². The quantitative estimate of drug-likeness (QED) is 0.532. The van der Waals surface area contributed by atoms with Gasteiger partial charge in [-0.1, -0.05) is 36.4 Å². The van der Waals surface area contributed by atoms with Gasteiger partial charge in [0.05, 0.1) is 0 Å². The van der Waals surface area contributed by atoms with E-state index in [1.807, 2.05) is 31.1 Å². The van der Waals surface area contributed by atoms with E-state index in [-0.39, 0.29) is 5.78 Å². The SMILES string of the molecule is CN(C)C=CC(=O)c1ccc2c(c1)Cc1ccccc1-2. The first-order chi connectivity index (χ1) is 9.65. The smallest absolute Gasteiger partial charge is 0.187 e. The molecule has 100 valence electrons. The molecular weight excluding hydrogens is 246 g/mol. The first-order valence-corrected chi connectivity index (χ1v) is 6.75. The molecular formula is C18H17NO. The minimum Gasteiger partial charge on any atom is -0.383 e. The monoisotopic (exact) mass is 263 g/mol. The third-order valence-electron chi connectivity index (χ3n) is 3.60. The largest absolute Gasteiger partial charge is 0.383 e. The fourth-order valence-corrected chi connectivity index (χ4v) is 2.61. The summed E-state index contributed by atoms with van der Waals surface area (Å²) in [5.41, 5.74) is 5.90. The van der Waals surface area contributed by atoms with Crippen LogP contribution in [0.2, 0.25) is 0 Å². The number of nitrogens with zero attached hydrogens (tertiary/aromatic N) is 1. The molecule has 0 spiro atoms. The molecule has 0 atom stereocenters. The summed E-state index contributed by atoms with van der Waals surface area (Å²) in [5, 5.41) is 0. The Balaban J connectivity index is 1.93. The van der Waals surface area contributed by atoms with Crippen LogP contribution in [0, 0.1) is 0 Å². The van der Waals surface area contributed by atoms with E-state index in [1.54, 1.807) is 12.3 Å². The second-order valence-electron chi connectivity index (χ2n) is 5.35. The Labute approximate surface area is 119 Å². The maximum absolute atomic E-state index is 12.1. The van der Waals surface area contributed by atoms with Gasteiger partial charge < -0.3 is 4.90 Å². The number of hydrogen-bond donors (Lipinski definition) is 0. The van der Waals surface area contributed by atoms with Gasteiger partial charge in [-0.05, 0) is 34.7 Å². The fraction of sp³-hybridized carbons (Fsp3) is 0.167. The van der Waals surface area contributed by atoms with Crippen molar-refractivity contribution in [3.8, 4) is 11.1 Å². The van der Waals surface area contributed by atoms with E-state index in [1.165, 1.54) is 22.3 Å². The Morgan fingerprint density at radius 1 is 1.05 bits per heavy atom. The van der Waals surface area contributed by atoms with Crippen molar-refractivity contribution in [1.82, 2.24) is 4.90 Å². The lowest BCUT2D eigenvalue weighted by molar-refractivity contribution is 0.104. The summed E-state index contributed by atoms with van der Waals surface area (Å²) < 4.78 is 0. The van der Waals surface area contributed by atoms with E-state index in [2.05, 4.69) is 30.3 Å². The average Bonchev–Trinajstić information content (AvgIpc) is 2.82. The number of allylic oxidation sites excluding steroid dienone is 1. The molecule has 1 aliphatic carbocycles. The lowest BCUT2D eigenvalue weighted by Crippen LogP contribution is -2.03. The van der Waals surface area contributed by atoms with E-state index >= 15 is 0 Å². The van der Waals surface area contributed by atoms with Crippen LogP contribution < -0.4 is 0 Å². The summed E-state index contributed by atoms with van der Waals surface area (Å²) in [6, 6.07) is 14.4. The number of carbonyl (C=O) groups excluding carboxylic acids is 1. The molecule has 2 aromatic carbocycles. The van der Waals surface area contributed by atoms with Crippen LogP contribution in [-0.4, -0.2) is 24.8 Å². The zero-order valence-electron chi connectivity index (χ0n) is 11.8. The highest BCUT2D eigenvalue weighted by Crippen LogP contribution is 2.36. The Kier molecular flexibility index (Phi) is 3.15. The number of ketones is 1. The molecule has 0 saturated carbocycles.